The summed E-state index contributed by atoms with van der Waals surface area (Å²) in [5, 5.41) is 6.67. The molecular formula is C15H18N2O2S2. The molecule has 1 N–H and O–H groups in total. The highest BCUT2D eigenvalue weighted by Crippen LogP contribution is 2.36. The first kappa shape index (κ1) is 14.7. The van der Waals surface area contributed by atoms with E-state index in [0.717, 1.165) is 31.0 Å². The van der Waals surface area contributed by atoms with Crippen molar-refractivity contribution in [3.05, 3.63) is 34.3 Å². The van der Waals surface area contributed by atoms with Crippen molar-refractivity contribution in [3.8, 4) is 11.5 Å². The van der Waals surface area contributed by atoms with E-state index in [-0.39, 0.29) is 0 Å². The molecule has 112 valence electrons. The third kappa shape index (κ3) is 3.70. The Labute approximate surface area is 132 Å². The van der Waals surface area contributed by atoms with Gasteiger partial charge in [0.25, 0.3) is 0 Å². The van der Waals surface area contributed by atoms with Crippen LogP contribution in [0.1, 0.15) is 10.6 Å². The van der Waals surface area contributed by atoms with E-state index in [1.165, 1.54) is 15.5 Å². The van der Waals surface area contributed by atoms with Crippen LogP contribution in [0, 0.1) is 0 Å². The van der Waals surface area contributed by atoms with Crippen molar-refractivity contribution in [2.24, 2.45) is 0 Å². The molecule has 1 aliphatic rings. The number of rotatable bonds is 6. The van der Waals surface area contributed by atoms with Crippen LogP contribution in [0.4, 0.5) is 0 Å². The normalized spacial score (nSPS) is 13.4. The maximum absolute atomic E-state index is 5.66. The van der Waals surface area contributed by atoms with E-state index in [4.69, 9.17) is 9.47 Å². The smallest absolute Gasteiger partial charge is 0.162 e. The summed E-state index contributed by atoms with van der Waals surface area (Å²) in [5.74, 6) is 1.72. The largest absolute Gasteiger partial charge is 0.486 e. The molecule has 21 heavy (non-hydrogen) atoms. The first-order valence-corrected chi connectivity index (χ1v) is 9.03. The molecule has 0 radical (unpaired) electrons. The molecule has 0 saturated carbocycles. The minimum absolute atomic E-state index is 0.628. The summed E-state index contributed by atoms with van der Waals surface area (Å²) < 4.78 is 11.3. The zero-order valence-electron chi connectivity index (χ0n) is 11.9. The molecule has 0 amide bonds. The fourth-order valence-corrected chi connectivity index (χ4v) is 3.47. The lowest BCUT2D eigenvalue weighted by atomic mass is 10.2. The summed E-state index contributed by atoms with van der Waals surface area (Å²) in [7, 11) is 0. The second kappa shape index (κ2) is 7.15. The van der Waals surface area contributed by atoms with Crippen LogP contribution in [0.2, 0.25) is 0 Å². The minimum atomic E-state index is 0.628. The van der Waals surface area contributed by atoms with Crippen molar-refractivity contribution in [2.75, 3.05) is 26.0 Å². The molecule has 0 spiro atoms. The quantitative estimate of drug-likeness (QED) is 0.654. The van der Waals surface area contributed by atoms with Crippen LogP contribution in [-0.2, 0) is 13.0 Å². The summed E-state index contributed by atoms with van der Waals surface area (Å²) in [6.45, 7) is 3.02. The van der Waals surface area contributed by atoms with Gasteiger partial charge in [-0.3, -0.25) is 0 Å². The lowest BCUT2D eigenvalue weighted by Crippen LogP contribution is -2.19. The standard InChI is InChI=1S/C15H18N2O2S2/c1-20-14-9-13-12(18-5-6-19-13)8-11(14)10-16-3-2-15-17-4-7-21-15/h4,7-9,16H,2-3,5-6,10H2,1H3. The van der Waals surface area contributed by atoms with Crippen LogP contribution < -0.4 is 14.8 Å². The van der Waals surface area contributed by atoms with Gasteiger partial charge in [-0.05, 0) is 24.0 Å². The highest BCUT2D eigenvalue weighted by Gasteiger charge is 2.15. The summed E-state index contributed by atoms with van der Waals surface area (Å²) in [5.41, 5.74) is 1.26. The van der Waals surface area contributed by atoms with Crippen molar-refractivity contribution >= 4 is 23.1 Å². The van der Waals surface area contributed by atoms with Crippen LogP contribution in [0.3, 0.4) is 0 Å². The SMILES string of the molecule is CSc1cc2c(cc1CNCCc1nccs1)OCCO2. The van der Waals surface area contributed by atoms with E-state index in [2.05, 4.69) is 28.7 Å². The van der Waals surface area contributed by atoms with E-state index in [1.54, 1.807) is 23.1 Å². The van der Waals surface area contributed by atoms with Gasteiger partial charge in [-0.1, -0.05) is 0 Å². The third-order valence-electron chi connectivity index (χ3n) is 3.26. The number of benzene rings is 1. The summed E-state index contributed by atoms with van der Waals surface area (Å²) >= 11 is 3.44. The Kier molecular flexibility index (Phi) is 5.00. The molecule has 0 aliphatic carbocycles. The maximum atomic E-state index is 5.66. The van der Waals surface area contributed by atoms with E-state index in [9.17, 15) is 0 Å². The molecule has 1 aliphatic heterocycles. The fourth-order valence-electron chi connectivity index (χ4n) is 2.24. The van der Waals surface area contributed by atoms with Crippen LogP contribution in [0.15, 0.2) is 28.6 Å². The number of nitrogens with one attached hydrogen (secondary N) is 1. The van der Waals surface area contributed by atoms with Crippen molar-refractivity contribution in [1.29, 1.82) is 0 Å². The topological polar surface area (TPSA) is 43.4 Å². The van der Waals surface area contributed by atoms with E-state index >= 15 is 0 Å². The van der Waals surface area contributed by atoms with E-state index in [1.807, 2.05) is 11.6 Å². The molecular weight excluding hydrogens is 304 g/mol. The highest BCUT2D eigenvalue weighted by molar-refractivity contribution is 7.98. The third-order valence-corrected chi connectivity index (χ3v) is 4.92. The van der Waals surface area contributed by atoms with Crippen molar-refractivity contribution < 1.29 is 9.47 Å². The van der Waals surface area contributed by atoms with Crippen LogP contribution in [0.5, 0.6) is 11.5 Å². The lowest BCUT2D eigenvalue weighted by Gasteiger charge is -2.21. The van der Waals surface area contributed by atoms with Gasteiger partial charge in [-0.2, -0.15) is 0 Å². The van der Waals surface area contributed by atoms with Gasteiger partial charge in [0.2, 0.25) is 0 Å². The van der Waals surface area contributed by atoms with Gasteiger partial charge in [0.1, 0.15) is 13.2 Å². The highest BCUT2D eigenvalue weighted by atomic mass is 32.2. The molecule has 0 atom stereocenters. The first-order valence-electron chi connectivity index (χ1n) is 6.92. The Hall–Kier alpha value is -1.24. The predicted molar refractivity (Wildman–Crippen MR) is 86.7 cm³/mol. The molecule has 2 aromatic rings. The molecule has 0 saturated heterocycles. The van der Waals surface area contributed by atoms with Crippen LogP contribution in [0.25, 0.3) is 0 Å². The van der Waals surface area contributed by atoms with Gasteiger partial charge in [0.05, 0.1) is 5.01 Å². The number of thiazole rings is 1. The van der Waals surface area contributed by atoms with Gasteiger partial charge in [0, 0.05) is 36.0 Å². The number of hydrogen-bond acceptors (Lipinski definition) is 6. The molecule has 0 fully saturated rings. The number of hydrogen-bond donors (Lipinski definition) is 1. The molecule has 3 rings (SSSR count). The average molecular weight is 322 g/mol. The van der Waals surface area contributed by atoms with Gasteiger partial charge in [0.15, 0.2) is 11.5 Å². The monoisotopic (exact) mass is 322 g/mol. The second-order valence-electron chi connectivity index (χ2n) is 4.66. The molecule has 0 unspecified atom stereocenters. The Balaban J connectivity index is 1.61. The summed E-state index contributed by atoms with van der Waals surface area (Å²) in [6.07, 6.45) is 4.91. The number of ether oxygens (including phenoxy) is 2. The molecule has 2 heterocycles. The molecule has 4 nitrogen and oxygen atoms in total. The van der Waals surface area contributed by atoms with Gasteiger partial charge in [-0.15, -0.1) is 23.1 Å². The lowest BCUT2D eigenvalue weighted by molar-refractivity contribution is 0.171. The first-order chi connectivity index (χ1) is 10.4. The Morgan fingerprint density at radius 2 is 2.10 bits per heavy atom. The van der Waals surface area contributed by atoms with Crippen LogP contribution in [-0.4, -0.2) is 31.0 Å². The molecule has 1 aromatic carbocycles. The van der Waals surface area contributed by atoms with Gasteiger partial charge in [-0.25, -0.2) is 4.98 Å². The van der Waals surface area contributed by atoms with Crippen molar-refractivity contribution in [2.45, 2.75) is 17.9 Å². The number of nitrogens with zero attached hydrogens (tertiary/aromatic N) is 1. The number of aromatic nitrogens is 1. The molecule has 1 aromatic heterocycles. The maximum Gasteiger partial charge on any atom is 0.162 e. The summed E-state index contributed by atoms with van der Waals surface area (Å²) in [4.78, 5) is 5.53. The second-order valence-corrected chi connectivity index (χ2v) is 6.49. The zero-order valence-corrected chi connectivity index (χ0v) is 13.6. The summed E-state index contributed by atoms with van der Waals surface area (Å²) in [6, 6.07) is 4.17. The Morgan fingerprint density at radius 3 is 2.81 bits per heavy atom. The average Bonchev–Trinajstić information content (AvgIpc) is 3.04. The van der Waals surface area contributed by atoms with Crippen molar-refractivity contribution in [3.63, 3.8) is 0 Å². The Morgan fingerprint density at radius 1 is 1.29 bits per heavy atom. The van der Waals surface area contributed by atoms with Gasteiger partial charge >= 0.3 is 0 Å². The minimum Gasteiger partial charge on any atom is -0.486 e. The predicted octanol–water partition coefficient (Wildman–Crippen LogP) is 2.97. The number of fused-ring (bicyclic) bond motifs is 1. The molecule has 6 heteroatoms. The Bertz CT molecular complexity index is 588. The van der Waals surface area contributed by atoms with Crippen LogP contribution >= 0.6 is 23.1 Å². The van der Waals surface area contributed by atoms with E-state index in [0.29, 0.717) is 13.2 Å². The fraction of sp³-hybridized carbons (Fsp3) is 0.400. The van der Waals surface area contributed by atoms with Crippen molar-refractivity contribution in [1.82, 2.24) is 10.3 Å². The van der Waals surface area contributed by atoms with Gasteiger partial charge < -0.3 is 14.8 Å². The number of thioether (sulfide) groups is 1. The van der Waals surface area contributed by atoms with E-state index < -0.39 is 0 Å². The molecule has 0 bridgehead atoms. The zero-order chi connectivity index (χ0) is 14.5.